The van der Waals surface area contributed by atoms with Gasteiger partial charge in [0.15, 0.2) is 11.5 Å². The number of benzene rings is 1. The second-order valence-corrected chi connectivity index (χ2v) is 6.95. The van der Waals surface area contributed by atoms with Gasteiger partial charge < -0.3 is 20.1 Å². The molecular weight excluding hydrogens is 328 g/mol. The molecule has 0 spiro atoms. The van der Waals surface area contributed by atoms with E-state index in [9.17, 15) is 4.79 Å². The molecule has 0 bridgehead atoms. The first-order valence-corrected chi connectivity index (χ1v) is 8.43. The van der Waals surface area contributed by atoms with Crippen LogP contribution in [0.2, 0.25) is 0 Å². The van der Waals surface area contributed by atoms with Crippen LogP contribution in [0.3, 0.4) is 0 Å². The van der Waals surface area contributed by atoms with E-state index < -0.39 is 5.41 Å². The van der Waals surface area contributed by atoms with Gasteiger partial charge in [-0.15, -0.1) is 12.4 Å². The quantitative estimate of drug-likeness (QED) is 0.875. The predicted molar refractivity (Wildman–Crippen MR) is 96.3 cm³/mol. The van der Waals surface area contributed by atoms with Gasteiger partial charge in [-0.05, 0) is 57.9 Å². The van der Waals surface area contributed by atoms with Crippen LogP contribution in [-0.2, 0) is 10.2 Å². The van der Waals surface area contributed by atoms with Crippen LogP contribution in [0.1, 0.15) is 39.2 Å². The highest BCUT2D eigenvalue weighted by Gasteiger charge is 2.34. The molecule has 24 heavy (non-hydrogen) atoms. The largest absolute Gasteiger partial charge is 0.486 e. The average molecular weight is 355 g/mol. The molecule has 3 rings (SSSR count). The van der Waals surface area contributed by atoms with E-state index >= 15 is 0 Å². The van der Waals surface area contributed by atoms with Crippen molar-refractivity contribution < 1.29 is 14.3 Å². The number of piperidine rings is 1. The van der Waals surface area contributed by atoms with Crippen molar-refractivity contribution in [3.05, 3.63) is 23.8 Å². The number of nitrogens with one attached hydrogen (secondary N) is 2. The third-order valence-electron chi connectivity index (χ3n) is 4.91. The fourth-order valence-electron chi connectivity index (χ4n) is 3.15. The van der Waals surface area contributed by atoms with Crippen molar-refractivity contribution in [2.75, 3.05) is 19.8 Å². The number of rotatable bonds is 3. The Labute approximate surface area is 149 Å². The molecule has 0 aromatic heterocycles. The number of amides is 1. The third kappa shape index (κ3) is 3.78. The highest BCUT2D eigenvalue weighted by atomic mass is 35.5. The van der Waals surface area contributed by atoms with E-state index in [1.54, 1.807) is 0 Å². The number of carbonyl (C=O) groups is 1. The normalized spacial score (nSPS) is 23.1. The van der Waals surface area contributed by atoms with Gasteiger partial charge in [0, 0.05) is 12.1 Å². The lowest BCUT2D eigenvalue weighted by atomic mass is 9.82. The Hall–Kier alpha value is -1.46. The van der Waals surface area contributed by atoms with Crippen LogP contribution in [0, 0.1) is 0 Å². The Morgan fingerprint density at radius 3 is 2.67 bits per heavy atom. The monoisotopic (exact) mass is 354 g/mol. The standard InChI is InChI=1S/C18H26N2O3.ClH/c1-12-14(5-4-8-19-12)20-17(21)18(2,3)13-6-7-15-16(11-13)23-10-9-22-15;/h6-7,11-12,14,19H,4-5,8-10H2,1-3H3,(H,20,21);1H. The van der Waals surface area contributed by atoms with Crippen molar-refractivity contribution in [2.45, 2.75) is 51.1 Å². The minimum absolute atomic E-state index is 0. The smallest absolute Gasteiger partial charge is 0.230 e. The maximum atomic E-state index is 12.8. The van der Waals surface area contributed by atoms with E-state index in [1.807, 2.05) is 32.0 Å². The molecule has 0 radical (unpaired) electrons. The number of hydrogen-bond acceptors (Lipinski definition) is 4. The Bertz CT molecular complexity index is 592. The van der Waals surface area contributed by atoms with Gasteiger partial charge in [-0.1, -0.05) is 6.07 Å². The highest BCUT2D eigenvalue weighted by molar-refractivity contribution is 5.87. The molecule has 6 heteroatoms. The number of hydrogen-bond donors (Lipinski definition) is 2. The van der Waals surface area contributed by atoms with E-state index in [0.717, 1.165) is 36.4 Å². The Balaban J connectivity index is 0.00000208. The minimum atomic E-state index is -0.618. The van der Waals surface area contributed by atoms with Crippen LogP contribution >= 0.6 is 12.4 Å². The zero-order chi connectivity index (χ0) is 16.4. The van der Waals surface area contributed by atoms with Gasteiger partial charge in [0.1, 0.15) is 13.2 Å². The summed E-state index contributed by atoms with van der Waals surface area (Å²) in [6, 6.07) is 6.27. The van der Waals surface area contributed by atoms with E-state index in [-0.39, 0.29) is 24.4 Å². The summed E-state index contributed by atoms with van der Waals surface area (Å²) in [4.78, 5) is 12.8. The van der Waals surface area contributed by atoms with Crippen LogP contribution < -0.4 is 20.1 Å². The van der Waals surface area contributed by atoms with Crippen LogP contribution in [0.5, 0.6) is 11.5 Å². The van der Waals surface area contributed by atoms with Crippen molar-refractivity contribution in [3.8, 4) is 11.5 Å². The molecule has 2 unspecified atom stereocenters. The maximum Gasteiger partial charge on any atom is 0.230 e. The van der Waals surface area contributed by atoms with Crippen LogP contribution in [0.15, 0.2) is 18.2 Å². The van der Waals surface area contributed by atoms with Crippen molar-refractivity contribution in [2.24, 2.45) is 0 Å². The lowest BCUT2D eigenvalue weighted by molar-refractivity contribution is -0.126. The average Bonchev–Trinajstić information content (AvgIpc) is 2.56. The first kappa shape index (κ1) is 18.9. The van der Waals surface area contributed by atoms with Gasteiger partial charge in [-0.3, -0.25) is 4.79 Å². The molecule has 2 heterocycles. The van der Waals surface area contributed by atoms with Gasteiger partial charge >= 0.3 is 0 Å². The molecule has 2 N–H and O–H groups in total. The maximum absolute atomic E-state index is 12.8. The molecule has 1 fully saturated rings. The third-order valence-corrected chi connectivity index (χ3v) is 4.91. The molecule has 1 aromatic carbocycles. The molecule has 2 atom stereocenters. The highest BCUT2D eigenvalue weighted by Crippen LogP contribution is 2.35. The summed E-state index contributed by atoms with van der Waals surface area (Å²) >= 11 is 0. The number of ether oxygens (including phenoxy) is 2. The molecule has 0 saturated carbocycles. The first-order chi connectivity index (χ1) is 11.0. The SMILES string of the molecule is CC1NCCCC1NC(=O)C(C)(C)c1ccc2c(c1)OCCO2.Cl. The molecule has 134 valence electrons. The van der Waals surface area contributed by atoms with E-state index in [4.69, 9.17) is 9.47 Å². The van der Waals surface area contributed by atoms with E-state index in [0.29, 0.717) is 19.3 Å². The van der Waals surface area contributed by atoms with Gasteiger partial charge in [-0.25, -0.2) is 0 Å². The molecule has 1 saturated heterocycles. The van der Waals surface area contributed by atoms with Crippen molar-refractivity contribution in [1.82, 2.24) is 10.6 Å². The minimum Gasteiger partial charge on any atom is -0.486 e. The zero-order valence-electron chi connectivity index (χ0n) is 14.6. The summed E-state index contributed by atoms with van der Waals surface area (Å²) in [6.07, 6.45) is 2.12. The second-order valence-electron chi connectivity index (χ2n) is 6.95. The number of carbonyl (C=O) groups excluding carboxylic acids is 1. The fourth-order valence-corrected chi connectivity index (χ4v) is 3.15. The lowest BCUT2D eigenvalue weighted by Crippen LogP contribution is -2.55. The first-order valence-electron chi connectivity index (χ1n) is 8.43. The molecule has 1 amide bonds. The van der Waals surface area contributed by atoms with Gasteiger partial charge in [0.2, 0.25) is 5.91 Å². The van der Waals surface area contributed by atoms with E-state index in [1.165, 1.54) is 0 Å². The van der Waals surface area contributed by atoms with Gasteiger partial charge in [0.05, 0.1) is 5.41 Å². The molecule has 2 aliphatic rings. The Morgan fingerprint density at radius 1 is 1.25 bits per heavy atom. The lowest BCUT2D eigenvalue weighted by Gasteiger charge is -2.34. The summed E-state index contributed by atoms with van der Waals surface area (Å²) in [7, 11) is 0. The van der Waals surface area contributed by atoms with Crippen molar-refractivity contribution >= 4 is 18.3 Å². The molecule has 0 aliphatic carbocycles. The Morgan fingerprint density at radius 2 is 1.96 bits per heavy atom. The topological polar surface area (TPSA) is 59.6 Å². The van der Waals surface area contributed by atoms with Crippen molar-refractivity contribution in [1.29, 1.82) is 0 Å². The second kappa shape index (κ2) is 7.62. The predicted octanol–water partition coefficient (Wildman–Crippen LogP) is 2.41. The van der Waals surface area contributed by atoms with Crippen molar-refractivity contribution in [3.63, 3.8) is 0 Å². The summed E-state index contributed by atoms with van der Waals surface area (Å²) in [5, 5.41) is 6.63. The number of halogens is 1. The van der Waals surface area contributed by atoms with Gasteiger partial charge in [0.25, 0.3) is 0 Å². The van der Waals surface area contributed by atoms with Crippen LogP contribution in [0.25, 0.3) is 0 Å². The summed E-state index contributed by atoms with van der Waals surface area (Å²) in [5.74, 6) is 1.53. The molecular formula is C18H27ClN2O3. The van der Waals surface area contributed by atoms with Crippen LogP contribution in [-0.4, -0.2) is 37.7 Å². The molecule has 2 aliphatic heterocycles. The summed E-state index contributed by atoms with van der Waals surface area (Å²) in [5.41, 5.74) is 0.322. The summed E-state index contributed by atoms with van der Waals surface area (Å²) in [6.45, 7) is 8.18. The molecule has 1 aromatic rings. The van der Waals surface area contributed by atoms with Gasteiger partial charge in [-0.2, -0.15) is 0 Å². The van der Waals surface area contributed by atoms with E-state index in [2.05, 4.69) is 17.6 Å². The number of fused-ring (bicyclic) bond motifs is 1. The zero-order valence-corrected chi connectivity index (χ0v) is 15.4. The molecule has 5 nitrogen and oxygen atoms in total. The van der Waals surface area contributed by atoms with Crippen LogP contribution in [0.4, 0.5) is 0 Å². The summed E-state index contributed by atoms with van der Waals surface area (Å²) < 4.78 is 11.2. The Kier molecular flexibility index (Phi) is 5.99. The fraction of sp³-hybridized carbons (Fsp3) is 0.611.